The number of allylic oxidation sites excluding steroid dienone is 2. The molecule has 2 heteroatoms. The van der Waals surface area contributed by atoms with Crippen LogP contribution in [0.2, 0.25) is 0 Å². The normalized spacial score (nSPS) is 10.2. The second kappa shape index (κ2) is 6.11. The summed E-state index contributed by atoms with van der Waals surface area (Å²) in [4.78, 5) is 0. The third-order valence-corrected chi connectivity index (χ3v) is 3.26. The molecule has 2 aromatic rings. The van der Waals surface area contributed by atoms with Gasteiger partial charge in [0, 0.05) is 11.1 Å². The van der Waals surface area contributed by atoms with Crippen LogP contribution in [0.3, 0.4) is 0 Å². The highest BCUT2D eigenvalue weighted by atomic mass is 16.3. The molecule has 0 aromatic heterocycles. The Bertz CT molecular complexity index is 584. The SMILES string of the molecule is C=CCc1cccc(-c2cccc(CC=C)c2O)c1O. The molecule has 0 heterocycles. The van der Waals surface area contributed by atoms with Crippen LogP contribution in [0.15, 0.2) is 61.7 Å². The van der Waals surface area contributed by atoms with Crippen LogP contribution in [-0.4, -0.2) is 10.2 Å². The summed E-state index contributed by atoms with van der Waals surface area (Å²) >= 11 is 0. The maximum absolute atomic E-state index is 10.3. The monoisotopic (exact) mass is 266 g/mol. The van der Waals surface area contributed by atoms with Gasteiger partial charge in [-0.3, -0.25) is 0 Å². The van der Waals surface area contributed by atoms with Gasteiger partial charge in [0.25, 0.3) is 0 Å². The van der Waals surface area contributed by atoms with E-state index in [0.717, 1.165) is 11.1 Å². The van der Waals surface area contributed by atoms with Gasteiger partial charge in [0.2, 0.25) is 0 Å². The van der Waals surface area contributed by atoms with Crippen LogP contribution in [0.5, 0.6) is 11.5 Å². The number of hydrogen-bond acceptors (Lipinski definition) is 2. The van der Waals surface area contributed by atoms with Crippen LogP contribution in [0.4, 0.5) is 0 Å². The lowest BCUT2D eigenvalue weighted by Crippen LogP contribution is -1.89. The molecule has 0 unspecified atom stereocenters. The number of benzene rings is 2. The van der Waals surface area contributed by atoms with Crippen molar-refractivity contribution < 1.29 is 10.2 Å². The predicted octanol–water partition coefficient (Wildman–Crippen LogP) is 4.22. The van der Waals surface area contributed by atoms with Gasteiger partial charge >= 0.3 is 0 Å². The number of para-hydroxylation sites is 2. The Morgan fingerprint density at radius 2 is 1.15 bits per heavy atom. The number of phenolic OH excluding ortho intramolecular Hbond substituents is 2. The van der Waals surface area contributed by atoms with Crippen LogP contribution in [0.1, 0.15) is 11.1 Å². The van der Waals surface area contributed by atoms with Crippen molar-refractivity contribution in [2.45, 2.75) is 12.8 Å². The fourth-order valence-corrected chi connectivity index (χ4v) is 2.26. The summed E-state index contributed by atoms with van der Waals surface area (Å²) < 4.78 is 0. The molecule has 0 fully saturated rings. The highest BCUT2D eigenvalue weighted by Gasteiger charge is 2.13. The smallest absolute Gasteiger partial charge is 0.127 e. The molecule has 0 atom stereocenters. The van der Waals surface area contributed by atoms with Crippen molar-refractivity contribution in [3.8, 4) is 22.6 Å². The maximum atomic E-state index is 10.3. The van der Waals surface area contributed by atoms with Gasteiger partial charge in [0.05, 0.1) is 0 Å². The number of hydrogen-bond donors (Lipinski definition) is 2. The lowest BCUT2D eigenvalue weighted by molar-refractivity contribution is 0.463. The molecule has 102 valence electrons. The molecule has 0 radical (unpaired) electrons. The van der Waals surface area contributed by atoms with Crippen LogP contribution in [0, 0.1) is 0 Å². The zero-order valence-electron chi connectivity index (χ0n) is 11.3. The van der Waals surface area contributed by atoms with Crippen molar-refractivity contribution in [3.05, 3.63) is 72.8 Å². The van der Waals surface area contributed by atoms with Gasteiger partial charge in [-0.25, -0.2) is 0 Å². The first-order valence-electron chi connectivity index (χ1n) is 6.53. The van der Waals surface area contributed by atoms with E-state index in [1.165, 1.54) is 0 Å². The molecule has 0 bridgehead atoms. The van der Waals surface area contributed by atoms with Gasteiger partial charge < -0.3 is 10.2 Å². The largest absolute Gasteiger partial charge is 0.507 e. The van der Waals surface area contributed by atoms with E-state index in [1.807, 2.05) is 24.3 Å². The van der Waals surface area contributed by atoms with E-state index in [9.17, 15) is 10.2 Å². The van der Waals surface area contributed by atoms with E-state index in [2.05, 4.69) is 13.2 Å². The first-order valence-corrected chi connectivity index (χ1v) is 6.53. The third-order valence-electron chi connectivity index (χ3n) is 3.26. The number of rotatable bonds is 5. The number of phenols is 2. The van der Waals surface area contributed by atoms with Gasteiger partial charge in [-0.2, -0.15) is 0 Å². The average Bonchev–Trinajstić information content (AvgIpc) is 2.44. The summed E-state index contributed by atoms with van der Waals surface area (Å²) in [5.74, 6) is 0.386. The molecule has 2 nitrogen and oxygen atoms in total. The van der Waals surface area contributed by atoms with Crippen molar-refractivity contribution in [2.24, 2.45) is 0 Å². The molecule has 0 saturated carbocycles. The van der Waals surface area contributed by atoms with Crippen molar-refractivity contribution in [2.75, 3.05) is 0 Å². The summed E-state index contributed by atoms with van der Waals surface area (Å²) in [6.45, 7) is 7.37. The van der Waals surface area contributed by atoms with Crippen LogP contribution < -0.4 is 0 Å². The average molecular weight is 266 g/mol. The van der Waals surface area contributed by atoms with Gasteiger partial charge in [0.1, 0.15) is 11.5 Å². The first-order chi connectivity index (χ1) is 9.69. The van der Waals surface area contributed by atoms with E-state index >= 15 is 0 Å². The Kier molecular flexibility index (Phi) is 4.26. The molecule has 20 heavy (non-hydrogen) atoms. The topological polar surface area (TPSA) is 40.5 Å². The summed E-state index contributed by atoms with van der Waals surface area (Å²) in [5.41, 5.74) is 2.86. The van der Waals surface area contributed by atoms with Crippen molar-refractivity contribution in [1.29, 1.82) is 0 Å². The van der Waals surface area contributed by atoms with Crippen LogP contribution in [0.25, 0.3) is 11.1 Å². The van der Waals surface area contributed by atoms with Gasteiger partial charge in [-0.15, -0.1) is 13.2 Å². The lowest BCUT2D eigenvalue weighted by atomic mass is 9.96. The van der Waals surface area contributed by atoms with Gasteiger partial charge in [0.15, 0.2) is 0 Å². The highest BCUT2D eigenvalue weighted by molar-refractivity contribution is 5.77. The molecule has 0 saturated heterocycles. The Morgan fingerprint density at radius 1 is 0.750 bits per heavy atom. The fraction of sp³-hybridized carbons (Fsp3) is 0.111. The molecular formula is C18H18O2. The Hall–Kier alpha value is -2.48. The van der Waals surface area contributed by atoms with Crippen molar-refractivity contribution in [1.82, 2.24) is 0 Å². The molecule has 0 aliphatic rings. The Balaban J connectivity index is 2.57. The van der Waals surface area contributed by atoms with Gasteiger partial charge in [-0.05, 0) is 24.0 Å². The molecule has 0 aliphatic carbocycles. The predicted molar refractivity (Wildman–Crippen MR) is 83.0 cm³/mol. The Morgan fingerprint density at radius 3 is 1.50 bits per heavy atom. The van der Waals surface area contributed by atoms with E-state index in [-0.39, 0.29) is 11.5 Å². The van der Waals surface area contributed by atoms with Gasteiger partial charge in [-0.1, -0.05) is 48.6 Å². The Labute approximate surface area is 119 Å². The second-order valence-electron chi connectivity index (χ2n) is 4.61. The minimum absolute atomic E-state index is 0.193. The van der Waals surface area contributed by atoms with Crippen LogP contribution >= 0.6 is 0 Å². The molecular weight excluding hydrogens is 248 g/mol. The quantitative estimate of drug-likeness (QED) is 0.795. The van der Waals surface area contributed by atoms with Crippen molar-refractivity contribution >= 4 is 0 Å². The summed E-state index contributed by atoms with van der Waals surface area (Å²) in [7, 11) is 0. The molecule has 0 aliphatic heterocycles. The van der Waals surface area contributed by atoms with E-state index in [0.29, 0.717) is 24.0 Å². The lowest BCUT2D eigenvalue weighted by Gasteiger charge is -2.12. The molecule has 0 amide bonds. The third kappa shape index (κ3) is 2.59. The minimum Gasteiger partial charge on any atom is -0.507 e. The zero-order chi connectivity index (χ0) is 14.5. The van der Waals surface area contributed by atoms with E-state index in [4.69, 9.17) is 0 Å². The summed E-state index contributed by atoms with van der Waals surface area (Å²) in [6, 6.07) is 11.0. The minimum atomic E-state index is 0.193. The van der Waals surface area contributed by atoms with E-state index < -0.39 is 0 Å². The molecule has 0 spiro atoms. The number of aromatic hydroxyl groups is 2. The molecule has 2 rings (SSSR count). The summed E-state index contributed by atoms with van der Waals surface area (Å²) in [5, 5.41) is 20.7. The zero-order valence-corrected chi connectivity index (χ0v) is 11.3. The first kappa shape index (κ1) is 13.9. The fourth-order valence-electron chi connectivity index (χ4n) is 2.26. The standard InChI is InChI=1S/C18H18O2/c1-3-7-13-9-5-11-15(17(13)19)16-12-6-10-14(8-4-2)18(16)20/h3-6,9-12,19-20H,1-2,7-8H2. The highest BCUT2D eigenvalue weighted by Crippen LogP contribution is 2.39. The van der Waals surface area contributed by atoms with Crippen molar-refractivity contribution in [3.63, 3.8) is 0 Å². The van der Waals surface area contributed by atoms with Crippen LogP contribution in [-0.2, 0) is 12.8 Å². The molecule has 2 aromatic carbocycles. The van der Waals surface area contributed by atoms with E-state index in [1.54, 1.807) is 24.3 Å². The maximum Gasteiger partial charge on any atom is 0.127 e. The second-order valence-corrected chi connectivity index (χ2v) is 4.61. The molecule has 2 N–H and O–H groups in total. The summed E-state index contributed by atoms with van der Waals surface area (Å²) in [6.07, 6.45) is 4.67.